The van der Waals surface area contributed by atoms with Crippen molar-refractivity contribution in [1.82, 2.24) is 5.32 Å². The first-order chi connectivity index (χ1) is 14.2. The average molecular weight is 427 g/mol. The fourth-order valence-electron chi connectivity index (χ4n) is 3.53. The zero-order valence-corrected chi connectivity index (χ0v) is 18.4. The summed E-state index contributed by atoms with van der Waals surface area (Å²) >= 11 is 1.05. The van der Waals surface area contributed by atoms with Crippen LogP contribution in [-0.4, -0.2) is 29.3 Å². The van der Waals surface area contributed by atoms with Crippen LogP contribution in [0.5, 0.6) is 0 Å². The fraction of sp³-hybridized carbons (Fsp3) is 0.348. The maximum absolute atomic E-state index is 13.5. The number of fused-ring (bicyclic) bond motifs is 1. The number of carbonyl (C=O) groups excluding carboxylic acids is 3. The summed E-state index contributed by atoms with van der Waals surface area (Å²) in [5, 5.41) is 2.53. The van der Waals surface area contributed by atoms with Crippen LogP contribution in [-0.2, 0) is 19.9 Å². The molecule has 2 amide bonds. The van der Waals surface area contributed by atoms with Gasteiger partial charge in [-0.3, -0.25) is 9.59 Å². The third-order valence-corrected chi connectivity index (χ3v) is 5.56. The van der Waals surface area contributed by atoms with Crippen molar-refractivity contribution in [2.75, 3.05) is 11.4 Å². The average Bonchev–Trinajstić information content (AvgIpc) is 2.89. The number of ether oxygens (including phenoxy) is 1. The van der Waals surface area contributed by atoms with E-state index >= 15 is 0 Å². The van der Waals surface area contributed by atoms with E-state index in [0.717, 1.165) is 16.7 Å². The molecule has 158 valence electrons. The summed E-state index contributed by atoms with van der Waals surface area (Å²) in [7, 11) is 0. The van der Waals surface area contributed by atoms with Gasteiger partial charge in [-0.15, -0.1) is 0 Å². The van der Waals surface area contributed by atoms with Crippen molar-refractivity contribution in [3.8, 4) is 0 Å². The molecule has 6 nitrogen and oxygen atoms in total. The molecule has 2 aromatic carbocycles. The molecule has 1 heterocycles. The number of carbonyl (C=O) groups is 3. The Morgan fingerprint density at radius 3 is 2.33 bits per heavy atom. The van der Waals surface area contributed by atoms with Crippen molar-refractivity contribution in [2.24, 2.45) is 0 Å². The summed E-state index contributed by atoms with van der Waals surface area (Å²) in [5.41, 5.74) is -0.948. The van der Waals surface area contributed by atoms with Crippen LogP contribution >= 0.6 is 11.8 Å². The topological polar surface area (TPSA) is 75.7 Å². The van der Waals surface area contributed by atoms with E-state index in [2.05, 4.69) is 5.32 Å². The Labute approximate surface area is 181 Å². The number of nitrogens with one attached hydrogen (secondary N) is 1. The van der Waals surface area contributed by atoms with Crippen molar-refractivity contribution < 1.29 is 19.1 Å². The van der Waals surface area contributed by atoms with Gasteiger partial charge in [0.15, 0.2) is 10.7 Å². The van der Waals surface area contributed by atoms with Crippen molar-refractivity contribution >= 4 is 34.6 Å². The Morgan fingerprint density at radius 1 is 1.07 bits per heavy atom. The lowest BCUT2D eigenvalue weighted by molar-refractivity contribution is -0.127. The number of para-hydroxylation sites is 1. The van der Waals surface area contributed by atoms with Crippen molar-refractivity contribution in [2.45, 2.75) is 50.2 Å². The van der Waals surface area contributed by atoms with Crippen molar-refractivity contribution in [3.05, 3.63) is 60.2 Å². The van der Waals surface area contributed by atoms with E-state index in [-0.39, 0.29) is 17.4 Å². The molecule has 1 aliphatic heterocycles. The lowest BCUT2D eigenvalue weighted by Crippen LogP contribution is -2.55. The number of amides is 2. The molecule has 1 N–H and O–H groups in total. The summed E-state index contributed by atoms with van der Waals surface area (Å²) in [6, 6.07) is 16.5. The van der Waals surface area contributed by atoms with Crippen LogP contribution in [0.1, 0.15) is 39.7 Å². The van der Waals surface area contributed by atoms with Gasteiger partial charge in [0.2, 0.25) is 0 Å². The van der Waals surface area contributed by atoms with E-state index in [1.807, 2.05) is 49.4 Å². The van der Waals surface area contributed by atoms with Crippen LogP contribution in [0, 0.1) is 0 Å². The van der Waals surface area contributed by atoms with Gasteiger partial charge in [-0.1, -0.05) is 48.2 Å². The Bertz CT molecular complexity index is 955. The number of benzene rings is 2. The lowest BCUT2D eigenvalue weighted by Gasteiger charge is -2.30. The molecular weight excluding hydrogens is 400 g/mol. The molecule has 1 aliphatic rings. The highest BCUT2D eigenvalue weighted by Gasteiger charge is 2.53. The summed E-state index contributed by atoms with van der Waals surface area (Å²) in [4.78, 5) is 41.5. The lowest BCUT2D eigenvalue weighted by atomic mass is 9.88. The maximum atomic E-state index is 13.5. The van der Waals surface area contributed by atoms with Gasteiger partial charge in [-0.25, -0.2) is 4.79 Å². The van der Waals surface area contributed by atoms with E-state index in [9.17, 15) is 14.4 Å². The zero-order chi connectivity index (χ0) is 21.9. The number of nitrogens with zero attached hydrogens (tertiary/aromatic N) is 1. The third kappa shape index (κ3) is 4.51. The minimum Gasteiger partial charge on any atom is -0.444 e. The number of rotatable bonds is 5. The van der Waals surface area contributed by atoms with Gasteiger partial charge in [0.1, 0.15) is 5.60 Å². The zero-order valence-electron chi connectivity index (χ0n) is 17.6. The standard InChI is InChI=1S/C23H26N2O4S/c1-5-25-18-14-10-9-13-17(18)23(20(25)27,24-21(28)29-22(2,3)4)15-19(26)30-16-11-7-6-8-12-16/h6-14H,5,15H2,1-4H3,(H,24,28)/t23-/m0/s1. The highest BCUT2D eigenvalue weighted by molar-refractivity contribution is 8.13. The van der Waals surface area contributed by atoms with E-state index in [1.165, 1.54) is 0 Å². The van der Waals surface area contributed by atoms with Crippen molar-refractivity contribution in [1.29, 1.82) is 0 Å². The van der Waals surface area contributed by atoms with Gasteiger partial charge in [0.25, 0.3) is 5.91 Å². The minimum absolute atomic E-state index is 0.182. The van der Waals surface area contributed by atoms with Crippen molar-refractivity contribution in [3.63, 3.8) is 0 Å². The maximum Gasteiger partial charge on any atom is 0.408 e. The minimum atomic E-state index is -1.51. The number of thioether (sulfide) groups is 1. The van der Waals surface area contributed by atoms with Gasteiger partial charge in [0.05, 0.1) is 6.42 Å². The predicted molar refractivity (Wildman–Crippen MR) is 117 cm³/mol. The second-order valence-corrected chi connectivity index (χ2v) is 9.19. The Kier molecular flexibility index (Phi) is 6.22. The Hall–Kier alpha value is -2.80. The summed E-state index contributed by atoms with van der Waals surface area (Å²) in [6.45, 7) is 7.53. The van der Waals surface area contributed by atoms with E-state index < -0.39 is 17.2 Å². The molecule has 0 bridgehead atoms. The first kappa shape index (κ1) is 21.9. The molecule has 0 radical (unpaired) electrons. The molecule has 0 saturated heterocycles. The quantitative estimate of drug-likeness (QED) is 0.714. The van der Waals surface area contributed by atoms with Crippen LogP contribution in [0.15, 0.2) is 59.5 Å². The molecule has 0 spiro atoms. The molecule has 2 aromatic rings. The highest BCUT2D eigenvalue weighted by Crippen LogP contribution is 2.43. The summed E-state index contributed by atoms with van der Waals surface area (Å²) in [6.07, 6.45) is -0.917. The SMILES string of the molecule is CCN1C(=O)[C@@](CC(=O)Sc2ccccc2)(NC(=O)OC(C)(C)C)c2ccccc21. The van der Waals surface area contributed by atoms with E-state index in [1.54, 1.807) is 37.8 Å². The number of hydrogen-bond acceptors (Lipinski definition) is 5. The van der Waals surface area contributed by atoms with Crippen LogP contribution in [0.4, 0.5) is 10.5 Å². The molecule has 0 aromatic heterocycles. The first-order valence-corrected chi connectivity index (χ1v) is 10.7. The molecule has 0 aliphatic carbocycles. The summed E-state index contributed by atoms with van der Waals surface area (Å²) < 4.78 is 5.42. The highest BCUT2D eigenvalue weighted by atomic mass is 32.2. The Balaban J connectivity index is 1.98. The molecule has 0 unspecified atom stereocenters. The number of anilines is 1. The van der Waals surface area contributed by atoms with E-state index in [0.29, 0.717) is 17.8 Å². The molecule has 30 heavy (non-hydrogen) atoms. The normalized spacial score (nSPS) is 18.1. The van der Waals surface area contributed by atoms with E-state index in [4.69, 9.17) is 4.74 Å². The third-order valence-electron chi connectivity index (χ3n) is 4.68. The smallest absolute Gasteiger partial charge is 0.408 e. The van der Waals surface area contributed by atoms with Crippen LogP contribution in [0.2, 0.25) is 0 Å². The number of alkyl carbamates (subject to hydrolysis) is 1. The van der Waals surface area contributed by atoms with Gasteiger partial charge in [-0.2, -0.15) is 0 Å². The molecule has 0 saturated carbocycles. The van der Waals surface area contributed by atoms with Crippen LogP contribution in [0.25, 0.3) is 0 Å². The monoisotopic (exact) mass is 426 g/mol. The first-order valence-electron chi connectivity index (χ1n) is 9.84. The van der Waals surface area contributed by atoms with Gasteiger partial charge < -0.3 is 15.0 Å². The van der Waals surface area contributed by atoms with Gasteiger partial charge in [0, 0.05) is 22.7 Å². The summed E-state index contributed by atoms with van der Waals surface area (Å²) in [5.74, 6) is -0.334. The van der Waals surface area contributed by atoms with Crippen LogP contribution < -0.4 is 10.2 Å². The second-order valence-electron chi connectivity index (χ2n) is 8.06. The van der Waals surface area contributed by atoms with Gasteiger partial charge >= 0.3 is 6.09 Å². The molecule has 7 heteroatoms. The largest absolute Gasteiger partial charge is 0.444 e. The number of hydrogen-bond donors (Lipinski definition) is 1. The molecular formula is C23H26N2O4S. The molecule has 3 rings (SSSR count). The van der Waals surface area contributed by atoms with Crippen LogP contribution in [0.3, 0.4) is 0 Å². The molecule has 1 atom stereocenters. The van der Waals surface area contributed by atoms with Gasteiger partial charge in [-0.05, 0) is 45.9 Å². The number of likely N-dealkylation sites (N-methyl/N-ethyl adjacent to an activating group) is 1. The second kappa shape index (κ2) is 8.52. The predicted octanol–water partition coefficient (Wildman–Crippen LogP) is 4.48. The molecule has 0 fully saturated rings. The Morgan fingerprint density at radius 2 is 1.70 bits per heavy atom. The fourth-order valence-corrected chi connectivity index (χ4v) is 4.37.